The average molecular weight is 292 g/mol. The van der Waals surface area contributed by atoms with Crippen molar-refractivity contribution in [1.29, 1.82) is 0 Å². The summed E-state index contributed by atoms with van der Waals surface area (Å²) in [6.07, 6.45) is 0. The number of urea groups is 1. The van der Waals surface area contributed by atoms with Crippen molar-refractivity contribution in [1.82, 2.24) is 0 Å². The summed E-state index contributed by atoms with van der Waals surface area (Å²) in [7, 11) is 1.55. The van der Waals surface area contributed by atoms with Crippen LogP contribution in [0.3, 0.4) is 0 Å². The van der Waals surface area contributed by atoms with Gasteiger partial charge in [0.1, 0.15) is 11.6 Å². The molecule has 0 aliphatic rings. The Morgan fingerprint density at radius 2 is 1.76 bits per heavy atom. The molecule has 2 rings (SSSR count). The number of halogens is 2. The summed E-state index contributed by atoms with van der Waals surface area (Å²) < 4.78 is 31.1. The minimum Gasteiger partial charge on any atom is -0.380 e. The quantitative estimate of drug-likeness (QED) is 0.901. The smallest absolute Gasteiger partial charge is 0.323 e. The predicted octanol–water partition coefficient (Wildman–Crippen LogP) is 3.76. The molecule has 6 heteroatoms. The number of amides is 2. The number of rotatable bonds is 4. The summed E-state index contributed by atoms with van der Waals surface area (Å²) >= 11 is 0. The highest BCUT2D eigenvalue weighted by molar-refractivity contribution is 6.00. The molecule has 0 fully saturated rings. The fourth-order valence-corrected chi connectivity index (χ4v) is 1.83. The molecule has 110 valence electrons. The lowest BCUT2D eigenvalue weighted by atomic mass is 10.2. The highest BCUT2D eigenvalue weighted by Gasteiger charge is 2.08. The lowest BCUT2D eigenvalue weighted by Crippen LogP contribution is -2.20. The predicted molar refractivity (Wildman–Crippen MR) is 76.2 cm³/mol. The maximum atomic E-state index is 13.0. The molecule has 4 nitrogen and oxygen atoms in total. The van der Waals surface area contributed by atoms with Crippen LogP contribution >= 0.6 is 0 Å². The number of ether oxygens (including phenoxy) is 1. The molecule has 2 N–H and O–H groups in total. The first-order valence-electron chi connectivity index (χ1n) is 6.19. The van der Waals surface area contributed by atoms with E-state index in [2.05, 4.69) is 10.6 Å². The van der Waals surface area contributed by atoms with Gasteiger partial charge in [-0.2, -0.15) is 0 Å². The number of para-hydroxylation sites is 1. The van der Waals surface area contributed by atoms with Gasteiger partial charge >= 0.3 is 6.03 Å². The molecule has 0 spiro atoms. The van der Waals surface area contributed by atoms with E-state index in [9.17, 15) is 13.6 Å². The summed E-state index contributed by atoms with van der Waals surface area (Å²) in [5, 5.41) is 4.98. The number of carbonyl (C=O) groups is 1. The van der Waals surface area contributed by atoms with Crippen molar-refractivity contribution < 1.29 is 18.3 Å². The van der Waals surface area contributed by atoms with Gasteiger partial charge < -0.3 is 15.4 Å². The van der Waals surface area contributed by atoms with Gasteiger partial charge in [0.15, 0.2) is 0 Å². The summed E-state index contributed by atoms with van der Waals surface area (Å²) in [6, 6.07) is 9.30. The van der Waals surface area contributed by atoms with Crippen LogP contribution in [-0.4, -0.2) is 13.1 Å². The van der Waals surface area contributed by atoms with Crippen LogP contribution in [0.5, 0.6) is 0 Å². The van der Waals surface area contributed by atoms with Crippen LogP contribution in [-0.2, 0) is 11.3 Å². The topological polar surface area (TPSA) is 50.4 Å². The van der Waals surface area contributed by atoms with Gasteiger partial charge in [-0.25, -0.2) is 13.6 Å². The standard InChI is InChI=1S/C15H14F2N2O2/c1-21-9-10-4-2-3-5-14(10)19-15(20)18-13-7-11(16)6-12(17)8-13/h2-8H,9H2,1H3,(H2,18,19,20). The largest absolute Gasteiger partial charge is 0.380 e. The van der Waals surface area contributed by atoms with Gasteiger partial charge in [-0.1, -0.05) is 18.2 Å². The van der Waals surface area contributed by atoms with E-state index in [4.69, 9.17) is 4.74 Å². The number of carbonyl (C=O) groups excluding carboxylic acids is 1. The first kappa shape index (κ1) is 14.9. The molecule has 2 aromatic rings. The number of nitrogens with one attached hydrogen (secondary N) is 2. The minimum atomic E-state index is -0.759. The van der Waals surface area contributed by atoms with Gasteiger partial charge in [-0.3, -0.25) is 0 Å². The van der Waals surface area contributed by atoms with Crippen LogP contribution < -0.4 is 10.6 Å². The zero-order chi connectivity index (χ0) is 15.2. The second kappa shape index (κ2) is 6.81. The number of hydrogen-bond acceptors (Lipinski definition) is 2. The lowest BCUT2D eigenvalue weighted by molar-refractivity contribution is 0.185. The number of benzene rings is 2. The van der Waals surface area contributed by atoms with E-state index in [0.29, 0.717) is 12.3 Å². The number of methoxy groups -OCH3 is 1. The molecule has 0 aliphatic heterocycles. The molecule has 21 heavy (non-hydrogen) atoms. The molecule has 0 saturated carbocycles. The maximum Gasteiger partial charge on any atom is 0.323 e. The Morgan fingerprint density at radius 3 is 2.43 bits per heavy atom. The highest BCUT2D eigenvalue weighted by atomic mass is 19.1. The van der Waals surface area contributed by atoms with Gasteiger partial charge in [-0.05, 0) is 18.2 Å². The Morgan fingerprint density at radius 1 is 1.10 bits per heavy atom. The van der Waals surface area contributed by atoms with Gasteiger partial charge in [0.05, 0.1) is 6.61 Å². The van der Waals surface area contributed by atoms with Crippen LogP contribution in [0.2, 0.25) is 0 Å². The first-order chi connectivity index (χ1) is 10.1. The second-order valence-electron chi connectivity index (χ2n) is 4.33. The highest BCUT2D eigenvalue weighted by Crippen LogP contribution is 2.17. The fraction of sp³-hybridized carbons (Fsp3) is 0.133. The van der Waals surface area contributed by atoms with Crippen molar-refractivity contribution in [2.24, 2.45) is 0 Å². The van der Waals surface area contributed by atoms with Crippen LogP contribution in [0.1, 0.15) is 5.56 Å². The first-order valence-corrected chi connectivity index (χ1v) is 6.19. The Kier molecular flexibility index (Phi) is 4.84. The van der Waals surface area contributed by atoms with E-state index < -0.39 is 17.7 Å². The van der Waals surface area contributed by atoms with Crippen LogP contribution in [0, 0.1) is 11.6 Å². The second-order valence-corrected chi connectivity index (χ2v) is 4.33. The molecular formula is C15H14F2N2O2. The molecule has 0 atom stereocenters. The Hall–Kier alpha value is -2.47. The summed E-state index contributed by atoms with van der Waals surface area (Å²) in [5.41, 5.74) is 1.39. The normalized spacial score (nSPS) is 10.2. The van der Waals surface area contributed by atoms with E-state index >= 15 is 0 Å². The monoisotopic (exact) mass is 292 g/mol. The van der Waals surface area contributed by atoms with Crippen molar-refractivity contribution in [3.63, 3.8) is 0 Å². The SMILES string of the molecule is COCc1ccccc1NC(=O)Nc1cc(F)cc(F)c1. The van der Waals surface area contributed by atoms with Gasteiger partial charge in [-0.15, -0.1) is 0 Å². The molecule has 0 saturated heterocycles. The molecule has 0 unspecified atom stereocenters. The Balaban J connectivity index is 2.08. The molecule has 0 aliphatic carbocycles. The van der Waals surface area contributed by atoms with Crippen molar-refractivity contribution >= 4 is 17.4 Å². The van der Waals surface area contributed by atoms with E-state index in [1.54, 1.807) is 25.3 Å². The van der Waals surface area contributed by atoms with E-state index in [1.165, 1.54) is 0 Å². The van der Waals surface area contributed by atoms with Gasteiger partial charge in [0.25, 0.3) is 0 Å². The summed E-state index contributed by atoms with van der Waals surface area (Å²) in [4.78, 5) is 11.9. The zero-order valence-electron chi connectivity index (χ0n) is 11.3. The average Bonchev–Trinajstić information content (AvgIpc) is 2.40. The van der Waals surface area contributed by atoms with Crippen LogP contribution in [0.15, 0.2) is 42.5 Å². The number of anilines is 2. The minimum absolute atomic E-state index is 0.0363. The lowest BCUT2D eigenvalue weighted by Gasteiger charge is -2.11. The van der Waals surface area contributed by atoms with Crippen LogP contribution in [0.4, 0.5) is 25.0 Å². The van der Waals surface area contributed by atoms with Crippen molar-refractivity contribution in [3.05, 3.63) is 59.7 Å². The van der Waals surface area contributed by atoms with Crippen molar-refractivity contribution in [2.75, 3.05) is 17.7 Å². The Labute approximate surface area is 120 Å². The van der Waals surface area contributed by atoms with Gasteiger partial charge in [0.2, 0.25) is 0 Å². The van der Waals surface area contributed by atoms with Gasteiger partial charge in [0, 0.05) is 30.1 Å². The Bertz CT molecular complexity index is 627. The fourth-order valence-electron chi connectivity index (χ4n) is 1.83. The molecule has 2 aromatic carbocycles. The third kappa shape index (κ3) is 4.25. The van der Waals surface area contributed by atoms with E-state index in [-0.39, 0.29) is 5.69 Å². The van der Waals surface area contributed by atoms with Crippen LogP contribution in [0.25, 0.3) is 0 Å². The van der Waals surface area contributed by atoms with Crippen molar-refractivity contribution in [2.45, 2.75) is 6.61 Å². The molecule has 0 heterocycles. The number of hydrogen-bond donors (Lipinski definition) is 2. The molecule has 0 aromatic heterocycles. The third-order valence-corrected chi connectivity index (χ3v) is 2.69. The molecule has 0 bridgehead atoms. The molecular weight excluding hydrogens is 278 g/mol. The molecule has 2 amide bonds. The maximum absolute atomic E-state index is 13.0. The van der Waals surface area contributed by atoms with Crippen molar-refractivity contribution in [3.8, 4) is 0 Å². The molecule has 0 radical (unpaired) electrons. The van der Waals surface area contributed by atoms with E-state index in [0.717, 1.165) is 23.8 Å². The zero-order valence-corrected chi connectivity index (χ0v) is 11.3. The summed E-state index contributed by atoms with van der Waals surface area (Å²) in [6.45, 7) is 0.338. The summed E-state index contributed by atoms with van der Waals surface area (Å²) in [5.74, 6) is -1.52. The van der Waals surface area contributed by atoms with E-state index in [1.807, 2.05) is 6.07 Å². The third-order valence-electron chi connectivity index (χ3n) is 2.69.